The minimum Gasteiger partial charge on any atom is -0.0801 e. The van der Waals surface area contributed by atoms with Crippen molar-refractivity contribution < 1.29 is 0 Å². The van der Waals surface area contributed by atoms with Crippen molar-refractivity contribution in [1.82, 2.24) is 0 Å². The summed E-state index contributed by atoms with van der Waals surface area (Å²) in [6.07, 6.45) is 24.7. The quantitative estimate of drug-likeness (QED) is 0.450. The molecule has 2 saturated carbocycles. The van der Waals surface area contributed by atoms with E-state index in [9.17, 15) is 0 Å². The van der Waals surface area contributed by atoms with E-state index in [0.29, 0.717) is 0 Å². The maximum atomic E-state index is 2.53. The maximum Gasteiger partial charge on any atom is -0.00700 e. The van der Waals surface area contributed by atoms with Crippen molar-refractivity contribution in [3.63, 3.8) is 0 Å². The first kappa shape index (κ1) is 19.4. The van der Waals surface area contributed by atoms with E-state index >= 15 is 0 Å². The molecule has 0 radical (unpaired) electrons. The van der Waals surface area contributed by atoms with Crippen LogP contribution < -0.4 is 10.4 Å². The van der Waals surface area contributed by atoms with Crippen LogP contribution in [0.25, 0.3) is 17.2 Å². The molecule has 2 fully saturated rings. The number of benzene rings is 2. The zero-order valence-corrected chi connectivity index (χ0v) is 18.7. The Balaban J connectivity index is 1.67. The van der Waals surface area contributed by atoms with E-state index < -0.39 is 0 Å². The van der Waals surface area contributed by atoms with Gasteiger partial charge in [-0.15, -0.1) is 0 Å². The van der Waals surface area contributed by atoms with Crippen molar-refractivity contribution in [2.45, 2.75) is 70.6 Å². The fourth-order valence-electron chi connectivity index (χ4n) is 6.85. The topological polar surface area (TPSA) is 0 Å². The van der Waals surface area contributed by atoms with Gasteiger partial charge in [0, 0.05) is 0 Å². The fourth-order valence-corrected chi connectivity index (χ4v) is 6.85. The van der Waals surface area contributed by atoms with Gasteiger partial charge < -0.3 is 0 Å². The normalized spacial score (nSPS) is 20.8. The van der Waals surface area contributed by atoms with Gasteiger partial charge in [-0.1, -0.05) is 98.7 Å². The Bertz CT molecular complexity index is 1240. The lowest BCUT2D eigenvalue weighted by Gasteiger charge is -2.33. The lowest BCUT2D eigenvalue weighted by molar-refractivity contribution is 0.366. The molecular formula is C31H34. The molecule has 0 spiro atoms. The molecule has 0 saturated heterocycles. The molecule has 6 rings (SSSR count). The van der Waals surface area contributed by atoms with E-state index in [1.165, 1.54) is 91.0 Å². The Labute approximate surface area is 186 Å². The SMILES string of the molecule is C1=CCC(c2c3c(ccc2=C(C2CCCCC2)C2CCCCC2)=c2ccccc2=C3)=C1. The smallest absolute Gasteiger partial charge is 0.00700 e. The summed E-state index contributed by atoms with van der Waals surface area (Å²) in [5.41, 5.74) is 6.41. The van der Waals surface area contributed by atoms with Crippen LogP contribution in [0.4, 0.5) is 0 Å². The molecule has 4 aliphatic rings. The van der Waals surface area contributed by atoms with E-state index in [2.05, 4.69) is 60.7 Å². The number of hydrogen-bond donors (Lipinski definition) is 0. The number of hydrogen-bond acceptors (Lipinski definition) is 0. The number of allylic oxidation sites excluding steroid dienone is 4. The summed E-state index contributed by atoms with van der Waals surface area (Å²) in [7, 11) is 0. The van der Waals surface area contributed by atoms with Crippen LogP contribution in [0.15, 0.2) is 54.6 Å². The van der Waals surface area contributed by atoms with Crippen LogP contribution in [-0.2, 0) is 0 Å². The van der Waals surface area contributed by atoms with Crippen molar-refractivity contribution in [3.8, 4) is 0 Å². The molecule has 0 N–H and O–H groups in total. The fraction of sp³-hybridized carbons (Fsp3) is 0.419. The Kier molecular flexibility index (Phi) is 5.18. The molecule has 31 heavy (non-hydrogen) atoms. The zero-order chi connectivity index (χ0) is 20.6. The van der Waals surface area contributed by atoms with Gasteiger partial charge in [0.1, 0.15) is 0 Å². The monoisotopic (exact) mass is 406 g/mol. The van der Waals surface area contributed by atoms with Crippen LogP contribution in [0.1, 0.15) is 81.8 Å². The summed E-state index contributed by atoms with van der Waals surface area (Å²) < 4.78 is 0. The lowest BCUT2D eigenvalue weighted by atomic mass is 9.72. The average Bonchev–Trinajstić information content (AvgIpc) is 3.49. The van der Waals surface area contributed by atoms with Crippen LogP contribution in [0.2, 0.25) is 0 Å². The first-order valence-corrected chi connectivity index (χ1v) is 12.7. The molecule has 4 aliphatic carbocycles. The van der Waals surface area contributed by atoms with Crippen LogP contribution in [0, 0.1) is 22.3 Å². The molecule has 0 aliphatic heterocycles. The lowest BCUT2D eigenvalue weighted by Crippen LogP contribution is -2.27. The third-order valence-electron chi connectivity index (χ3n) is 8.29. The van der Waals surface area contributed by atoms with E-state index in [1.54, 1.807) is 10.8 Å². The highest BCUT2D eigenvalue weighted by Gasteiger charge is 2.28. The van der Waals surface area contributed by atoms with Crippen LogP contribution in [0.3, 0.4) is 0 Å². The van der Waals surface area contributed by atoms with Gasteiger partial charge in [0.05, 0.1) is 0 Å². The van der Waals surface area contributed by atoms with Gasteiger partial charge in [-0.25, -0.2) is 0 Å². The molecule has 0 heterocycles. The highest BCUT2D eigenvalue weighted by atomic mass is 14.3. The Morgan fingerprint density at radius 1 is 0.710 bits per heavy atom. The molecule has 0 aromatic heterocycles. The second kappa shape index (κ2) is 8.30. The number of fused-ring (bicyclic) bond motifs is 2. The summed E-state index contributed by atoms with van der Waals surface area (Å²) in [5, 5.41) is 5.85. The van der Waals surface area contributed by atoms with Crippen molar-refractivity contribution >= 4 is 17.2 Å². The largest absolute Gasteiger partial charge is 0.0801 e. The van der Waals surface area contributed by atoms with Crippen molar-refractivity contribution in [1.29, 1.82) is 0 Å². The molecule has 0 bridgehead atoms. The standard InChI is InChI=1S/C31H34/c1-3-11-22(12-4-1)30(23-13-5-2-6-14-23)28-20-19-27-26-18-10-9-17-25(26)21-29(27)31(28)24-15-7-8-16-24/h7-10,15,17-23H,1-6,11-14,16H2. The summed E-state index contributed by atoms with van der Waals surface area (Å²) in [5.74, 6) is 1.60. The van der Waals surface area contributed by atoms with Crippen LogP contribution in [0.5, 0.6) is 0 Å². The molecule has 0 unspecified atom stereocenters. The predicted octanol–water partition coefficient (Wildman–Crippen LogP) is 6.77. The van der Waals surface area contributed by atoms with Gasteiger partial charge in [-0.05, 0) is 87.6 Å². The summed E-state index contributed by atoms with van der Waals surface area (Å²) >= 11 is 0. The Hall–Kier alpha value is -2.34. The van der Waals surface area contributed by atoms with E-state index in [4.69, 9.17) is 0 Å². The molecule has 0 nitrogen and oxygen atoms in total. The molecule has 158 valence electrons. The second-order valence-corrected chi connectivity index (χ2v) is 10.1. The van der Waals surface area contributed by atoms with Gasteiger partial charge in [-0.2, -0.15) is 0 Å². The summed E-state index contributed by atoms with van der Waals surface area (Å²) in [6, 6.07) is 13.9. The molecular weight excluding hydrogens is 372 g/mol. The van der Waals surface area contributed by atoms with E-state index in [0.717, 1.165) is 18.3 Å². The minimum absolute atomic E-state index is 0.799. The molecule has 0 heteroatoms. The van der Waals surface area contributed by atoms with Crippen molar-refractivity contribution in [2.75, 3.05) is 0 Å². The molecule has 2 aromatic carbocycles. The third kappa shape index (κ3) is 3.45. The van der Waals surface area contributed by atoms with Crippen molar-refractivity contribution in [2.24, 2.45) is 11.8 Å². The predicted molar refractivity (Wildman–Crippen MR) is 132 cm³/mol. The minimum atomic E-state index is 0.799. The van der Waals surface area contributed by atoms with Crippen molar-refractivity contribution in [3.05, 3.63) is 86.6 Å². The third-order valence-corrected chi connectivity index (χ3v) is 8.29. The number of rotatable bonds is 3. The van der Waals surface area contributed by atoms with Crippen LogP contribution >= 0.6 is 0 Å². The molecule has 0 atom stereocenters. The molecule has 2 aromatic rings. The highest BCUT2D eigenvalue weighted by molar-refractivity contribution is 5.81. The zero-order valence-electron chi connectivity index (χ0n) is 18.7. The van der Waals surface area contributed by atoms with Gasteiger partial charge in [-0.3, -0.25) is 0 Å². The van der Waals surface area contributed by atoms with E-state index in [-0.39, 0.29) is 0 Å². The molecule has 0 amide bonds. The first-order chi connectivity index (χ1) is 15.4. The first-order valence-electron chi connectivity index (χ1n) is 12.7. The highest BCUT2D eigenvalue weighted by Crippen LogP contribution is 2.41. The summed E-state index contributed by atoms with van der Waals surface area (Å²) in [6.45, 7) is 0. The second-order valence-electron chi connectivity index (χ2n) is 10.1. The van der Waals surface area contributed by atoms with Gasteiger partial charge >= 0.3 is 0 Å². The van der Waals surface area contributed by atoms with Gasteiger partial charge in [0.15, 0.2) is 0 Å². The van der Waals surface area contributed by atoms with Crippen LogP contribution in [-0.4, -0.2) is 0 Å². The van der Waals surface area contributed by atoms with Gasteiger partial charge in [0.2, 0.25) is 0 Å². The average molecular weight is 407 g/mol. The maximum absolute atomic E-state index is 2.53. The van der Waals surface area contributed by atoms with E-state index in [1.807, 2.05) is 5.57 Å². The Morgan fingerprint density at radius 2 is 1.42 bits per heavy atom. The van der Waals surface area contributed by atoms with Gasteiger partial charge in [0.25, 0.3) is 0 Å². The Morgan fingerprint density at radius 3 is 2.10 bits per heavy atom. The summed E-state index contributed by atoms with van der Waals surface area (Å²) in [4.78, 5) is 0.